The highest BCUT2D eigenvalue weighted by molar-refractivity contribution is 7.99. The number of rotatable bonds is 5. The second kappa shape index (κ2) is 9.36. The van der Waals surface area contributed by atoms with Crippen molar-refractivity contribution in [1.82, 2.24) is 9.55 Å². The number of nitrogens with one attached hydrogen (secondary N) is 1. The van der Waals surface area contributed by atoms with Crippen molar-refractivity contribution < 1.29 is 9.84 Å². The number of benzene rings is 2. The number of hydrogen-bond donors (Lipinski definition) is 2. The average Bonchev–Trinajstić information content (AvgIpc) is 2.76. The summed E-state index contributed by atoms with van der Waals surface area (Å²) in [6, 6.07) is 16.7. The smallest absolute Gasteiger partial charge is 0.262 e. The van der Waals surface area contributed by atoms with Gasteiger partial charge in [-0.1, -0.05) is 24.3 Å². The Bertz CT molecular complexity index is 1150. The lowest BCUT2D eigenvalue weighted by Crippen LogP contribution is -2.16. The molecule has 7 heteroatoms. The fourth-order valence-electron chi connectivity index (χ4n) is 3.36. The molecule has 1 fully saturated rings. The van der Waals surface area contributed by atoms with Gasteiger partial charge in [-0.3, -0.25) is 14.3 Å². The average molecular weight is 439 g/mol. The quantitative estimate of drug-likeness (QED) is 0.511. The van der Waals surface area contributed by atoms with Crippen molar-refractivity contribution in [2.75, 3.05) is 11.5 Å². The summed E-state index contributed by atoms with van der Waals surface area (Å²) in [6.07, 6.45) is 5.91. The predicted molar refractivity (Wildman–Crippen MR) is 124 cm³/mol. The lowest BCUT2D eigenvalue weighted by atomic mass is 10.0. The van der Waals surface area contributed by atoms with E-state index in [0.29, 0.717) is 17.4 Å². The Balaban J connectivity index is 1.62. The fraction of sp³-hybridized carbons (Fsp3) is 0.217. The van der Waals surface area contributed by atoms with E-state index in [2.05, 4.69) is 4.98 Å². The highest BCUT2D eigenvalue weighted by Crippen LogP contribution is 2.27. The number of allylic oxidation sites excluding steroid dienone is 1. The third-order valence-corrected chi connectivity index (χ3v) is 6.33. The molecule has 0 aliphatic carbocycles. The van der Waals surface area contributed by atoms with E-state index in [9.17, 15) is 9.90 Å². The molecule has 0 atom stereocenters. The number of aromatic nitrogens is 2. The van der Waals surface area contributed by atoms with Gasteiger partial charge in [0.1, 0.15) is 11.5 Å². The van der Waals surface area contributed by atoms with E-state index in [1.807, 2.05) is 48.2 Å². The van der Waals surface area contributed by atoms with E-state index in [0.717, 1.165) is 30.1 Å². The molecular formula is C23H22N2O3S2. The molecule has 1 aromatic heterocycles. The topological polar surface area (TPSA) is 67.2 Å². The third kappa shape index (κ3) is 4.68. The molecular weight excluding hydrogens is 416 g/mol. The fourth-order valence-corrected chi connectivity index (χ4v) is 4.78. The van der Waals surface area contributed by atoms with Crippen LogP contribution in [0.15, 0.2) is 65.5 Å². The number of H-pyrrole nitrogens is 1. The number of hydrogen-bond acceptors (Lipinski definition) is 5. The summed E-state index contributed by atoms with van der Waals surface area (Å²) in [6.45, 7) is 0. The number of ether oxygens (including phenoxy) is 1. The summed E-state index contributed by atoms with van der Waals surface area (Å²) in [4.78, 5) is 15.1. The minimum absolute atomic E-state index is 0.139. The first-order valence-corrected chi connectivity index (χ1v) is 11.4. The van der Waals surface area contributed by atoms with Gasteiger partial charge in [0.15, 0.2) is 4.77 Å². The van der Waals surface area contributed by atoms with E-state index in [4.69, 9.17) is 17.0 Å². The van der Waals surface area contributed by atoms with E-state index in [-0.39, 0.29) is 21.8 Å². The molecule has 0 unspecified atom stereocenters. The molecule has 0 spiro atoms. The van der Waals surface area contributed by atoms with Crippen LogP contribution in [0, 0.1) is 10.7 Å². The molecule has 3 aromatic rings. The van der Waals surface area contributed by atoms with Crippen LogP contribution < -0.4 is 10.3 Å². The molecule has 2 aromatic carbocycles. The van der Waals surface area contributed by atoms with Crippen molar-refractivity contribution in [2.24, 2.45) is 5.92 Å². The molecule has 2 heterocycles. The van der Waals surface area contributed by atoms with Crippen molar-refractivity contribution in [3.05, 3.63) is 81.4 Å². The van der Waals surface area contributed by atoms with Crippen molar-refractivity contribution in [3.8, 4) is 23.1 Å². The first-order chi connectivity index (χ1) is 14.6. The van der Waals surface area contributed by atoms with Crippen LogP contribution >= 0.6 is 24.0 Å². The summed E-state index contributed by atoms with van der Waals surface area (Å²) >= 11 is 7.26. The zero-order valence-electron chi connectivity index (χ0n) is 16.3. The van der Waals surface area contributed by atoms with Crippen LogP contribution in [0.25, 0.3) is 11.8 Å². The molecule has 1 saturated heterocycles. The summed E-state index contributed by atoms with van der Waals surface area (Å²) < 4.78 is 7.41. The molecule has 4 rings (SSSR count). The molecule has 2 N–H and O–H groups in total. The molecule has 1 aliphatic heterocycles. The van der Waals surface area contributed by atoms with Gasteiger partial charge in [-0.15, -0.1) is 0 Å². The minimum Gasteiger partial charge on any atom is -0.494 e. The maximum Gasteiger partial charge on any atom is 0.262 e. The van der Waals surface area contributed by atoms with Crippen LogP contribution in [0.2, 0.25) is 0 Å². The zero-order valence-corrected chi connectivity index (χ0v) is 17.9. The Morgan fingerprint density at radius 1 is 1.07 bits per heavy atom. The SMILES string of the molecule is O=c1[nH]c(=S)n(-c2ccc(Oc3ccccc3)cc2)c(O)c1C=CC1CCSCC1. The van der Waals surface area contributed by atoms with E-state index < -0.39 is 0 Å². The van der Waals surface area contributed by atoms with Crippen LogP contribution in [0.1, 0.15) is 18.4 Å². The molecule has 0 radical (unpaired) electrons. The number of aromatic amines is 1. The second-order valence-corrected chi connectivity index (χ2v) is 8.66. The third-order valence-electron chi connectivity index (χ3n) is 5.00. The van der Waals surface area contributed by atoms with Crippen LogP contribution in [0.3, 0.4) is 0 Å². The first-order valence-electron chi connectivity index (χ1n) is 9.79. The number of thioether (sulfide) groups is 1. The van der Waals surface area contributed by atoms with Crippen molar-refractivity contribution in [2.45, 2.75) is 12.8 Å². The predicted octanol–water partition coefficient (Wildman–Crippen LogP) is 5.55. The lowest BCUT2D eigenvalue weighted by molar-refractivity contribution is 0.431. The molecule has 5 nitrogen and oxygen atoms in total. The largest absolute Gasteiger partial charge is 0.494 e. The normalized spacial score (nSPS) is 14.8. The Kier molecular flexibility index (Phi) is 6.40. The summed E-state index contributed by atoms with van der Waals surface area (Å²) in [5, 5.41) is 10.8. The van der Waals surface area contributed by atoms with Crippen molar-refractivity contribution >= 4 is 30.1 Å². The van der Waals surface area contributed by atoms with Gasteiger partial charge >= 0.3 is 0 Å². The zero-order chi connectivity index (χ0) is 20.9. The standard InChI is InChI=1S/C23H22N2O3S2/c26-21-20(11-6-16-12-14-30-15-13-16)22(27)25(23(29)24-21)17-7-9-19(10-8-17)28-18-4-2-1-3-5-18/h1-11,16,27H,12-15H2,(H,24,26,29). The molecule has 0 saturated carbocycles. The van der Waals surface area contributed by atoms with E-state index >= 15 is 0 Å². The van der Waals surface area contributed by atoms with E-state index in [1.54, 1.807) is 30.3 Å². The van der Waals surface area contributed by atoms with Crippen molar-refractivity contribution in [3.63, 3.8) is 0 Å². The number of aromatic hydroxyl groups is 1. The van der Waals surface area contributed by atoms with Gasteiger partial charge in [0.25, 0.3) is 5.56 Å². The Morgan fingerprint density at radius 3 is 2.43 bits per heavy atom. The number of nitrogens with zero attached hydrogens (tertiary/aromatic N) is 1. The minimum atomic E-state index is -0.390. The summed E-state index contributed by atoms with van der Waals surface area (Å²) in [5.41, 5.74) is 0.462. The van der Waals surface area contributed by atoms with Gasteiger partial charge < -0.3 is 9.84 Å². The molecule has 154 valence electrons. The van der Waals surface area contributed by atoms with Gasteiger partial charge in [-0.2, -0.15) is 11.8 Å². The van der Waals surface area contributed by atoms with Gasteiger partial charge in [-0.05, 0) is 85.0 Å². The molecule has 30 heavy (non-hydrogen) atoms. The Labute approximate surface area is 184 Å². The highest BCUT2D eigenvalue weighted by atomic mass is 32.2. The summed E-state index contributed by atoms with van der Waals surface area (Å²) in [5.74, 6) is 3.91. The Morgan fingerprint density at radius 2 is 1.73 bits per heavy atom. The monoisotopic (exact) mass is 438 g/mol. The molecule has 0 bridgehead atoms. The summed E-state index contributed by atoms with van der Waals surface area (Å²) in [7, 11) is 0. The molecule has 0 amide bonds. The highest BCUT2D eigenvalue weighted by Gasteiger charge is 2.14. The van der Waals surface area contributed by atoms with Gasteiger partial charge in [-0.25, -0.2) is 0 Å². The second-order valence-electron chi connectivity index (χ2n) is 7.05. The number of para-hydroxylation sites is 1. The maximum atomic E-state index is 12.4. The lowest BCUT2D eigenvalue weighted by Gasteiger charge is -2.17. The van der Waals surface area contributed by atoms with Crippen LogP contribution in [-0.4, -0.2) is 26.2 Å². The van der Waals surface area contributed by atoms with Gasteiger partial charge in [0, 0.05) is 0 Å². The Hall–Kier alpha value is -2.77. The van der Waals surface area contributed by atoms with Gasteiger partial charge in [0.2, 0.25) is 5.88 Å². The van der Waals surface area contributed by atoms with Crippen LogP contribution in [0.4, 0.5) is 0 Å². The maximum absolute atomic E-state index is 12.4. The first kappa shape index (κ1) is 20.5. The van der Waals surface area contributed by atoms with Crippen LogP contribution in [0.5, 0.6) is 17.4 Å². The van der Waals surface area contributed by atoms with Crippen molar-refractivity contribution in [1.29, 1.82) is 0 Å². The molecule has 1 aliphatic rings. The van der Waals surface area contributed by atoms with Gasteiger partial charge in [0.05, 0.1) is 11.3 Å². The van der Waals surface area contributed by atoms with E-state index in [1.165, 1.54) is 4.57 Å². The van der Waals surface area contributed by atoms with Crippen LogP contribution in [-0.2, 0) is 0 Å².